The van der Waals surface area contributed by atoms with Crippen LogP contribution in [0.3, 0.4) is 0 Å². The number of amides is 1. The average molecular weight is 381 g/mol. The van der Waals surface area contributed by atoms with Crippen molar-refractivity contribution in [2.75, 3.05) is 6.54 Å². The van der Waals surface area contributed by atoms with Gasteiger partial charge in [-0.05, 0) is 61.2 Å². The molecule has 0 N–H and O–H groups in total. The molecule has 1 aliphatic rings. The number of aromatic nitrogens is 2. The molecule has 1 saturated heterocycles. The molecule has 4 heteroatoms. The first-order valence-corrected chi connectivity index (χ1v) is 10.2. The Hall–Kier alpha value is -3.40. The van der Waals surface area contributed by atoms with Crippen LogP contribution in [0.4, 0.5) is 0 Å². The molecule has 29 heavy (non-hydrogen) atoms. The van der Waals surface area contributed by atoms with Crippen molar-refractivity contribution in [3.05, 3.63) is 96.3 Å². The number of hydrogen-bond donors (Lipinski definition) is 0. The molecule has 3 aromatic carbocycles. The largest absolute Gasteiger partial charge is 0.335 e. The molecule has 1 amide bonds. The van der Waals surface area contributed by atoms with Crippen LogP contribution in [-0.4, -0.2) is 32.9 Å². The van der Waals surface area contributed by atoms with Crippen LogP contribution in [0.5, 0.6) is 0 Å². The third-order valence-electron chi connectivity index (χ3n) is 5.80. The molecular formula is C25H23N3O. The highest BCUT2D eigenvalue weighted by molar-refractivity contribution is 5.95. The molecule has 2 heterocycles. The third kappa shape index (κ3) is 3.42. The maximum absolute atomic E-state index is 13.2. The Morgan fingerprint density at radius 2 is 1.69 bits per heavy atom. The highest BCUT2D eigenvalue weighted by Crippen LogP contribution is 2.24. The van der Waals surface area contributed by atoms with Gasteiger partial charge in [-0.25, -0.2) is 4.98 Å². The first-order chi connectivity index (χ1) is 14.3. The summed E-state index contributed by atoms with van der Waals surface area (Å²) in [5, 5.41) is 0. The summed E-state index contributed by atoms with van der Waals surface area (Å²) >= 11 is 0. The maximum atomic E-state index is 13.2. The molecule has 0 bridgehead atoms. The molecule has 4 nitrogen and oxygen atoms in total. The molecule has 1 fully saturated rings. The number of benzene rings is 3. The smallest absolute Gasteiger partial charge is 0.254 e. The number of hydrogen-bond acceptors (Lipinski definition) is 2. The predicted molar refractivity (Wildman–Crippen MR) is 115 cm³/mol. The van der Waals surface area contributed by atoms with E-state index in [-0.39, 0.29) is 11.9 Å². The van der Waals surface area contributed by atoms with Gasteiger partial charge < -0.3 is 4.90 Å². The van der Waals surface area contributed by atoms with E-state index in [0.29, 0.717) is 0 Å². The van der Waals surface area contributed by atoms with E-state index in [1.165, 1.54) is 5.56 Å². The fourth-order valence-electron chi connectivity index (χ4n) is 4.30. The van der Waals surface area contributed by atoms with Crippen LogP contribution in [0, 0.1) is 0 Å². The second-order valence-corrected chi connectivity index (χ2v) is 7.63. The number of nitrogens with zero attached hydrogens (tertiary/aromatic N) is 3. The van der Waals surface area contributed by atoms with E-state index in [9.17, 15) is 4.79 Å². The quantitative estimate of drug-likeness (QED) is 0.506. The molecule has 1 atom stereocenters. The molecular weight excluding hydrogens is 358 g/mol. The van der Waals surface area contributed by atoms with Gasteiger partial charge in [0.2, 0.25) is 0 Å². The number of carbonyl (C=O) groups excluding carboxylic acids is 1. The Bertz CT molecular complexity index is 1130. The Kier molecular flexibility index (Phi) is 4.60. The number of para-hydroxylation sites is 2. The summed E-state index contributed by atoms with van der Waals surface area (Å²) in [7, 11) is 0. The van der Waals surface area contributed by atoms with Gasteiger partial charge in [-0.3, -0.25) is 9.36 Å². The zero-order chi connectivity index (χ0) is 19.6. The predicted octanol–water partition coefficient (Wildman–Crippen LogP) is 4.87. The normalized spacial score (nSPS) is 16.4. The van der Waals surface area contributed by atoms with Gasteiger partial charge >= 0.3 is 0 Å². The van der Waals surface area contributed by atoms with Crippen molar-refractivity contribution in [1.29, 1.82) is 0 Å². The molecule has 1 aromatic heterocycles. The van der Waals surface area contributed by atoms with E-state index >= 15 is 0 Å². The summed E-state index contributed by atoms with van der Waals surface area (Å²) in [4.78, 5) is 19.7. The van der Waals surface area contributed by atoms with Gasteiger partial charge in [0.05, 0.1) is 11.0 Å². The van der Waals surface area contributed by atoms with Gasteiger partial charge in [-0.15, -0.1) is 0 Å². The molecule has 0 spiro atoms. The fourth-order valence-corrected chi connectivity index (χ4v) is 4.30. The minimum atomic E-state index is 0.130. The van der Waals surface area contributed by atoms with E-state index in [1.54, 1.807) is 0 Å². The summed E-state index contributed by atoms with van der Waals surface area (Å²) in [6.45, 7) is 0.838. The van der Waals surface area contributed by atoms with Crippen LogP contribution in [-0.2, 0) is 6.42 Å². The lowest BCUT2D eigenvalue weighted by Gasteiger charge is -2.25. The molecule has 144 valence electrons. The highest BCUT2D eigenvalue weighted by atomic mass is 16.2. The molecule has 5 rings (SSSR count). The number of rotatable bonds is 4. The summed E-state index contributed by atoms with van der Waals surface area (Å²) in [6, 6.07) is 26.7. The van der Waals surface area contributed by atoms with Crippen LogP contribution >= 0.6 is 0 Å². The van der Waals surface area contributed by atoms with Gasteiger partial charge in [0.25, 0.3) is 5.91 Å². The summed E-state index contributed by atoms with van der Waals surface area (Å²) in [5.74, 6) is 0.130. The summed E-state index contributed by atoms with van der Waals surface area (Å²) < 4.78 is 2.05. The Morgan fingerprint density at radius 3 is 2.52 bits per heavy atom. The standard InChI is InChI=1S/C25H23N3O/c29-25(27-16-6-9-22(27)17-19-7-2-1-3-8-19)20-12-14-21(15-13-20)28-18-26-23-10-4-5-11-24(23)28/h1-5,7-8,10-15,18,22H,6,9,16-17H2. The molecule has 0 saturated carbocycles. The summed E-state index contributed by atoms with van der Waals surface area (Å²) in [6.07, 6.45) is 4.89. The molecule has 0 radical (unpaired) electrons. The Balaban J connectivity index is 1.36. The van der Waals surface area contributed by atoms with Crippen LogP contribution in [0.2, 0.25) is 0 Å². The lowest BCUT2D eigenvalue weighted by atomic mass is 10.0. The van der Waals surface area contributed by atoms with Crippen molar-refractivity contribution < 1.29 is 4.79 Å². The summed E-state index contributed by atoms with van der Waals surface area (Å²) in [5.41, 5.74) is 5.08. The number of likely N-dealkylation sites (tertiary alicyclic amines) is 1. The fraction of sp³-hybridized carbons (Fsp3) is 0.200. The first kappa shape index (κ1) is 17.7. The number of imidazole rings is 1. The second kappa shape index (κ2) is 7.55. The van der Waals surface area contributed by atoms with Crippen LogP contribution in [0.25, 0.3) is 16.7 Å². The monoisotopic (exact) mass is 381 g/mol. The van der Waals surface area contributed by atoms with Crippen LogP contribution in [0.1, 0.15) is 28.8 Å². The third-order valence-corrected chi connectivity index (χ3v) is 5.80. The van der Waals surface area contributed by atoms with Crippen molar-refractivity contribution in [3.63, 3.8) is 0 Å². The zero-order valence-electron chi connectivity index (χ0n) is 16.2. The van der Waals surface area contributed by atoms with Crippen molar-refractivity contribution in [1.82, 2.24) is 14.5 Å². The Labute approximate surface area is 170 Å². The number of carbonyl (C=O) groups is 1. The first-order valence-electron chi connectivity index (χ1n) is 10.2. The van der Waals surface area contributed by atoms with E-state index < -0.39 is 0 Å². The van der Waals surface area contributed by atoms with Crippen LogP contribution in [0.15, 0.2) is 85.2 Å². The van der Waals surface area contributed by atoms with Crippen molar-refractivity contribution in [2.24, 2.45) is 0 Å². The van der Waals surface area contributed by atoms with E-state index in [2.05, 4.69) is 44.8 Å². The number of fused-ring (bicyclic) bond motifs is 1. The molecule has 1 aliphatic heterocycles. The van der Waals surface area contributed by atoms with Gasteiger partial charge in [0.15, 0.2) is 0 Å². The van der Waals surface area contributed by atoms with E-state index in [0.717, 1.165) is 48.1 Å². The highest BCUT2D eigenvalue weighted by Gasteiger charge is 2.29. The molecule has 1 unspecified atom stereocenters. The lowest BCUT2D eigenvalue weighted by molar-refractivity contribution is 0.0736. The zero-order valence-corrected chi connectivity index (χ0v) is 16.2. The average Bonchev–Trinajstić information content (AvgIpc) is 3.41. The SMILES string of the molecule is O=C(c1ccc(-n2cnc3ccccc32)cc1)N1CCCC1Cc1ccccc1. The van der Waals surface area contributed by atoms with Crippen molar-refractivity contribution in [2.45, 2.75) is 25.3 Å². The van der Waals surface area contributed by atoms with Gasteiger partial charge in [0.1, 0.15) is 6.33 Å². The van der Waals surface area contributed by atoms with Gasteiger partial charge in [-0.1, -0.05) is 42.5 Å². The van der Waals surface area contributed by atoms with E-state index in [1.807, 2.05) is 54.9 Å². The minimum absolute atomic E-state index is 0.130. The van der Waals surface area contributed by atoms with Gasteiger partial charge in [-0.2, -0.15) is 0 Å². The molecule has 0 aliphatic carbocycles. The second-order valence-electron chi connectivity index (χ2n) is 7.63. The van der Waals surface area contributed by atoms with Crippen LogP contribution < -0.4 is 0 Å². The maximum Gasteiger partial charge on any atom is 0.254 e. The van der Waals surface area contributed by atoms with E-state index in [4.69, 9.17) is 0 Å². The van der Waals surface area contributed by atoms with Gasteiger partial charge in [0, 0.05) is 23.8 Å². The minimum Gasteiger partial charge on any atom is -0.335 e. The Morgan fingerprint density at radius 1 is 0.931 bits per heavy atom. The lowest BCUT2D eigenvalue weighted by Crippen LogP contribution is -2.36. The topological polar surface area (TPSA) is 38.1 Å². The van der Waals surface area contributed by atoms with Crippen molar-refractivity contribution in [3.8, 4) is 5.69 Å². The van der Waals surface area contributed by atoms with Crippen molar-refractivity contribution >= 4 is 16.9 Å². The molecule has 4 aromatic rings.